The van der Waals surface area contributed by atoms with Gasteiger partial charge in [-0.05, 0) is 48.9 Å². The maximum Gasteiger partial charge on any atom is 0.271 e. The fourth-order valence-electron chi connectivity index (χ4n) is 4.81. The molecule has 5 aromatic rings. The number of rotatable bonds is 5. The molecule has 1 aliphatic heterocycles. The maximum atomic E-state index is 13.9. The lowest BCUT2D eigenvalue weighted by Gasteiger charge is -2.25. The first-order chi connectivity index (χ1) is 18.5. The van der Waals surface area contributed by atoms with Crippen molar-refractivity contribution in [2.75, 3.05) is 12.4 Å². The molecule has 6 rings (SSSR count). The molecule has 2 aromatic heterocycles. The summed E-state index contributed by atoms with van der Waals surface area (Å²) in [6.45, 7) is 1.81. The van der Waals surface area contributed by atoms with Crippen LogP contribution in [0.15, 0.2) is 106 Å². The number of benzene rings is 3. The quantitative estimate of drug-likeness (QED) is 0.361. The van der Waals surface area contributed by atoms with E-state index in [4.69, 9.17) is 9.73 Å². The third-order valence-corrected chi connectivity index (χ3v) is 7.60. The van der Waals surface area contributed by atoms with Gasteiger partial charge >= 0.3 is 0 Å². The second kappa shape index (κ2) is 9.64. The zero-order valence-corrected chi connectivity index (χ0v) is 21.6. The lowest BCUT2D eigenvalue weighted by atomic mass is 9.95. The van der Waals surface area contributed by atoms with Gasteiger partial charge < -0.3 is 15.0 Å². The van der Waals surface area contributed by atoms with E-state index in [9.17, 15) is 9.59 Å². The first-order valence-corrected chi connectivity index (χ1v) is 12.9. The number of amides is 1. The fourth-order valence-corrected chi connectivity index (χ4v) is 5.85. The van der Waals surface area contributed by atoms with Crippen molar-refractivity contribution >= 4 is 39.9 Å². The highest BCUT2D eigenvalue weighted by atomic mass is 32.1. The SMILES string of the molecule is COc1cccc([C@@H]2C(C(=O)Nc3ccccc3)=C(C)N=c3s/c(=C\c4c[nH]c5ccccc45)c(=O)n32)c1. The minimum atomic E-state index is -0.671. The lowest BCUT2D eigenvalue weighted by Crippen LogP contribution is -2.40. The molecule has 7 nitrogen and oxygen atoms in total. The van der Waals surface area contributed by atoms with E-state index in [1.807, 2.05) is 98.1 Å². The first kappa shape index (κ1) is 23.7. The number of hydrogen-bond donors (Lipinski definition) is 2. The molecule has 0 radical (unpaired) electrons. The summed E-state index contributed by atoms with van der Waals surface area (Å²) in [5.74, 6) is 0.331. The summed E-state index contributed by atoms with van der Waals surface area (Å²) in [6.07, 6.45) is 3.78. The normalized spacial score (nSPS) is 15.3. The van der Waals surface area contributed by atoms with Crippen LogP contribution in [0.1, 0.15) is 24.1 Å². The van der Waals surface area contributed by atoms with Gasteiger partial charge in [-0.2, -0.15) is 0 Å². The topological polar surface area (TPSA) is 88.5 Å². The molecule has 0 saturated heterocycles. The van der Waals surface area contributed by atoms with Crippen LogP contribution in [0.2, 0.25) is 0 Å². The van der Waals surface area contributed by atoms with E-state index in [2.05, 4.69) is 10.3 Å². The van der Waals surface area contributed by atoms with E-state index in [-0.39, 0.29) is 11.5 Å². The number of allylic oxidation sites excluding steroid dienone is 1. The van der Waals surface area contributed by atoms with Gasteiger partial charge in [0.1, 0.15) is 5.75 Å². The molecular formula is C30H24N4O3S. The highest BCUT2D eigenvalue weighted by molar-refractivity contribution is 7.07. The Bertz CT molecular complexity index is 1900. The van der Waals surface area contributed by atoms with Crippen molar-refractivity contribution in [1.29, 1.82) is 0 Å². The molecule has 0 spiro atoms. The predicted octanol–water partition coefficient (Wildman–Crippen LogP) is 4.36. The van der Waals surface area contributed by atoms with Gasteiger partial charge in [-0.3, -0.25) is 14.2 Å². The number of para-hydroxylation sites is 2. The van der Waals surface area contributed by atoms with Crippen LogP contribution < -0.4 is 24.9 Å². The molecule has 0 aliphatic carbocycles. The summed E-state index contributed by atoms with van der Waals surface area (Å²) >= 11 is 1.32. The van der Waals surface area contributed by atoms with Crippen molar-refractivity contribution in [2.45, 2.75) is 13.0 Å². The number of thiazole rings is 1. The molecule has 38 heavy (non-hydrogen) atoms. The van der Waals surface area contributed by atoms with Gasteiger partial charge in [0.25, 0.3) is 11.5 Å². The van der Waals surface area contributed by atoms with E-state index in [1.165, 1.54) is 11.3 Å². The van der Waals surface area contributed by atoms with Crippen molar-refractivity contribution in [3.63, 3.8) is 0 Å². The first-order valence-electron chi connectivity index (χ1n) is 12.1. The lowest BCUT2D eigenvalue weighted by molar-refractivity contribution is -0.113. The van der Waals surface area contributed by atoms with Crippen LogP contribution in [0, 0.1) is 0 Å². The average Bonchev–Trinajstić information content (AvgIpc) is 3.48. The second-order valence-corrected chi connectivity index (χ2v) is 9.98. The zero-order valence-electron chi connectivity index (χ0n) is 20.8. The van der Waals surface area contributed by atoms with Gasteiger partial charge in [0.15, 0.2) is 4.80 Å². The number of carbonyl (C=O) groups is 1. The molecule has 188 valence electrons. The van der Waals surface area contributed by atoms with Crippen molar-refractivity contribution in [1.82, 2.24) is 9.55 Å². The minimum absolute atomic E-state index is 0.204. The number of methoxy groups -OCH3 is 1. The summed E-state index contributed by atoms with van der Waals surface area (Å²) < 4.78 is 7.62. The van der Waals surface area contributed by atoms with Crippen LogP contribution in [0.3, 0.4) is 0 Å². The molecule has 0 bridgehead atoms. The Balaban J connectivity index is 1.53. The fraction of sp³-hybridized carbons (Fsp3) is 0.100. The maximum absolute atomic E-state index is 13.9. The van der Waals surface area contributed by atoms with Crippen LogP contribution in [0.25, 0.3) is 17.0 Å². The number of carbonyl (C=O) groups excluding carboxylic acids is 1. The van der Waals surface area contributed by atoms with Gasteiger partial charge in [0, 0.05) is 28.4 Å². The second-order valence-electron chi connectivity index (χ2n) is 8.97. The Morgan fingerprint density at radius 1 is 1.08 bits per heavy atom. The van der Waals surface area contributed by atoms with Crippen molar-refractivity contribution in [2.24, 2.45) is 4.99 Å². The molecule has 0 saturated carbocycles. The summed E-state index contributed by atoms with van der Waals surface area (Å²) in [7, 11) is 1.59. The molecule has 3 aromatic carbocycles. The third-order valence-electron chi connectivity index (χ3n) is 6.62. The largest absolute Gasteiger partial charge is 0.497 e. The zero-order chi connectivity index (χ0) is 26.2. The summed E-state index contributed by atoms with van der Waals surface area (Å²) in [5.41, 5.74) is 4.11. The molecule has 1 amide bonds. The van der Waals surface area contributed by atoms with Crippen LogP contribution in [0.4, 0.5) is 5.69 Å². The Morgan fingerprint density at radius 3 is 2.68 bits per heavy atom. The monoisotopic (exact) mass is 520 g/mol. The molecule has 8 heteroatoms. The highest BCUT2D eigenvalue weighted by Gasteiger charge is 2.32. The van der Waals surface area contributed by atoms with Gasteiger partial charge in [-0.25, -0.2) is 4.99 Å². The third kappa shape index (κ3) is 4.14. The number of aromatic nitrogens is 2. The van der Waals surface area contributed by atoms with Crippen molar-refractivity contribution in [3.8, 4) is 5.75 Å². The van der Waals surface area contributed by atoms with E-state index in [0.29, 0.717) is 32.0 Å². The molecule has 2 N–H and O–H groups in total. The molecule has 0 unspecified atom stereocenters. The molecule has 0 fully saturated rings. The van der Waals surface area contributed by atoms with Gasteiger partial charge in [-0.1, -0.05) is 59.9 Å². The van der Waals surface area contributed by atoms with E-state index in [0.717, 1.165) is 22.0 Å². The Hall–Kier alpha value is -4.69. The summed E-state index contributed by atoms with van der Waals surface area (Å²) in [5, 5.41) is 4.00. The highest BCUT2D eigenvalue weighted by Crippen LogP contribution is 2.32. The van der Waals surface area contributed by atoms with Gasteiger partial charge in [0.05, 0.1) is 29.0 Å². The smallest absolute Gasteiger partial charge is 0.271 e. The summed E-state index contributed by atoms with van der Waals surface area (Å²) in [4.78, 5) is 36.1. The van der Waals surface area contributed by atoms with Crippen LogP contribution in [-0.2, 0) is 4.79 Å². The minimum Gasteiger partial charge on any atom is -0.497 e. The van der Waals surface area contributed by atoms with Crippen molar-refractivity contribution in [3.05, 3.63) is 127 Å². The number of aromatic amines is 1. The Labute approximate surface area is 222 Å². The number of fused-ring (bicyclic) bond motifs is 2. The van der Waals surface area contributed by atoms with Crippen molar-refractivity contribution < 1.29 is 9.53 Å². The number of nitrogens with one attached hydrogen (secondary N) is 2. The van der Waals surface area contributed by atoms with E-state index >= 15 is 0 Å². The van der Waals surface area contributed by atoms with Gasteiger partial charge in [0.2, 0.25) is 0 Å². The standard InChI is InChI=1S/C30H24N4O3S/c1-18-26(28(35)33-21-10-4-3-5-11-21)27(19-9-8-12-22(15-19)37-2)34-29(36)25(38-30(34)32-18)16-20-17-31-24-14-7-6-13-23(20)24/h3-17,27,31H,1-2H3,(H,33,35)/b25-16-/t27-/m1/s1. The number of anilines is 1. The number of nitrogens with zero attached hydrogens (tertiary/aromatic N) is 2. The predicted molar refractivity (Wildman–Crippen MR) is 150 cm³/mol. The van der Waals surface area contributed by atoms with Crippen LogP contribution in [-0.4, -0.2) is 22.6 Å². The van der Waals surface area contributed by atoms with Gasteiger partial charge in [-0.15, -0.1) is 0 Å². The number of H-pyrrole nitrogens is 1. The molecule has 3 heterocycles. The Morgan fingerprint density at radius 2 is 1.87 bits per heavy atom. The number of ether oxygens (including phenoxy) is 1. The molecule has 1 aliphatic rings. The van der Waals surface area contributed by atoms with Crippen LogP contribution in [0.5, 0.6) is 5.75 Å². The van der Waals surface area contributed by atoms with E-state index in [1.54, 1.807) is 11.7 Å². The molecule has 1 atom stereocenters. The van der Waals surface area contributed by atoms with Crippen LogP contribution >= 0.6 is 11.3 Å². The summed E-state index contributed by atoms with van der Waals surface area (Å²) in [6, 6.07) is 24.0. The van der Waals surface area contributed by atoms with E-state index < -0.39 is 6.04 Å². The molecular weight excluding hydrogens is 496 g/mol. The number of hydrogen-bond acceptors (Lipinski definition) is 5. The average molecular weight is 521 g/mol. The Kier molecular flexibility index (Phi) is 6.01.